The average Bonchev–Trinajstić information content (AvgIpc) is 2.33. The minimum Gasteiger partial charge on any atom is -0.497 e. The molecule has 1 aromatic carbocycles. The van der Waals surface area contributed by atoms with E-state index in [1.54, 1.807) is 37.6 Å². The summed E-state index contributed by atoms with van der Waals surface area (Å²) in [5, 5.41) is 0. The van der Waals surface area contributed by atoms with E-state index in [1.165, 1.54) is 0 Å². The van der Waals surface area contributed by atoms with Crippen LogP contribution in [0.4, 0.5) is 5.69 Å². The monoisotopic (exact) mass is 216 g/mol. The number of anilines is 1. The normalized spacial score (nSPS) is 9.81. The van der Waals surface area contributed by atoms with Crippen LogP contribution in [0, 0.1) is 0 Å². The summed E-state index contributed by atoms with van der Waals surface area (Å²) in [6.45, 7) is 0. The predicted molar refractivity (Wildman–Crippen MR) is 61.7 cm³/mol. The first kappa shape index (κ1) is 10.3. The molecule has 0 unspecified atom stereocenters. The first-order valence-corrected chi connectivity index (χ1v) is 4.82. The Kier molecular flexibility index (Phi) is 2.91. The van der Waals surface area contributed by atoms with Crippen molar-refractivity contribution < 1.29 is 9.47 Å². The van der Waals surface area contributed by atoms with Gasteiger partial charge in [-0.3, -0.25) is 0 Å². The highest BCUT2D eigenvalue weighted by molar-refractivity contribution is 5.49. The van der Waals surface area contributed by atoms with Crippen LogP contribution in [0.15, 0.2) is 42.6 Å². The van der Waals surface area contributed by atoms with Crippen molar-refractivity contribution in [3.05, 3.63) is 42.6 Å². The van der Waals surface area contributed by atoms with E-state index in [-0.39, 0.29) is 0 Å². The van der Waals surface area contributed by atoms with Gasteiger partial charge < -0.3 is 15.2 Å². The fourth-order valence-corrected chi connectivity index (χ4v) is 1.24. The topological polar surface area (TPSA) is 57.4 Å². The van der Waals surface area contributed by atoms with Crippen LogP contribution in [0.2, 0.25) is 0 Å². The number of nitrogens with zero attached hydrogens (tertiary/aromatic N) is 1. The van der Waals surface area contributed by atoms with Crippen LogP contribution in [0.1, 0.15) is 0 Å². The number of nitrogen functional groups attached to an aromatic ring is 1. The fraction of sp³-hybridized carbons (Fsp3) is 0.0833. The van der Waals surface area contributed by atoms with Crippen molar-refractivity contribution in [3.8, 4) is 17.4 Å². The molecule has 0 radical (unpaired) electrons. The zero-order valence-corrected chi connectivity index (χ0v) is 8.88. The van der Waals surface area contributed by atoms with E-state index >= 15 is 0 Å². The quantitative estimate of drug-likeness (QED) is 0.856. The van der Waals surface area contributed by atoms with Gasteiger partial charge in [0.15, 0.2) is 0 Å². The minimum atomic E-state index is 0.410. The van der Waals surface area contributed by atoms with Gasteiger partial charge in [-0.1, -0.05) is 0 Å². The number of nitrogens with two attached hydrogens (primary N) is 1. The third-order valence-electron chi connectivity index (χ3n) is 2.07. The number of pyridine rings is 1. The Morgan fingerprint density at radius 1 is 1.06 bits per heavy atom. The van der Waals surface area contributed by atoms with E-state index in [9.17, 15) is 0 Å². The molecular formula is C12H12N2O2. The molecule has 0 aliphatic heterocycles. The molecule has 0 saturated heterocycles. The van der Waals surface area contributed by atoms with Crippen molar-refractivity contribution in [3.63, 3.8) is 0 Å². The summed E-state index contributed by atoms with van der Waals surface area (Å²) in [7, 11) is 1.62. The van der Waals surface area contributed by atoms with Gasteiger partial charge in [0.2, 0.25) is 5.88 Å². The summed E-state index contributed by atoms with van der Waals surface area (Å²) in [5.74, 6) is 1.86. The molecule has 0 atom stereocenters. The lowest BCUT2D eigenvalue weighted by molar-refractivity contribution is 0.412. The van der Waals surface area contributed by atoms with Gasteiger partial charge in [0, 0.05) is 6.20 Å². The molecule has 2 N–H and O–H groups in total. The van der Waals surface area contributed by atoms with Gasteiger partial charge in [0.1, 0.15) is 11.5 Å². The van der Waals surface area contributed by atoms with Gasteiger partial charge in [-0.15, -0.1) is 0 Å². The molecule has 0 aliphatic carbocycles. The summed E-state index contributed by atoms with van der Waals surface area (Å²) >= 11 is 0. The Morgan fingerprint density at radius 3 is 2.38 bits per heavy atom. The Hall–Kier alpha value is -2.23. The third kappa shape index (κ3) is 2.23. The molecule has 0 saturated carbocycles. The van der Waals surface area contributed by atoms with Crippen molar-refractivity contribution in [2.24, 2.45) is 0 Å². The van der Waals surface area contributed by atoms with Gasteiger partial charge >= 0.3 is 0 Å². The van der Waals surface area contributed by atoms with Crippen LogP contribution in [0.25, 0.3) is 0 Å². The summed E-state index contributed by atoms with van der Waals surface area (Å²) < 4.78 is 10.6. The van der Waals surface area contributed by atoms with Gasteiger partial charge in [-0.2, -0.15) is 0 Å². The summed E-state index contributed by atoms with van der Waals surface area (Å²) in [6, 6.07) is 10.7. The van der Waals surface area contributed by atoms with E-state index in [4.69, 9.17) is 15.2 Å². The highest BCUT2D eigenvalue weighted by Gasteiger charge is 2.02. The largest absolute Gasteiger partial charge is 0.497 e. The lowest BCUT2D eigenvalue weighted by atomic mass is 10.3. The molecule has 0 bridgehead atoms. The number of benzene rings is 1. The number of hydrogen-bond donors (Lipinski definition) is 1. The Balaban J connectivity index is 2.18. The number of aromatic nitrogens is 1. The van der Waals surface area contributed by atoms with Crippen molar-refractivity contribution in [2.75, 3.05) is 12.8 Å². The zero-order valence-electron chi connectivity index (χ0n) is 8.88. The fourth-order valence-electron chi connectivity index (χ4n) is 1.24. The molecule has 2 rings (SSSR count). The average molecular weight is 216 g/mol. The lowest BCUT2D eigenvalue weighted by Gasteiger charge is -2.07. The molecule has 0 amide bonds. The Bertz CT molecular complexity index is 469. The lowest BCUT2D eigenvalue weighted by Crippen LogP contribution is -1.94. The summed E-state index contributed by atoms with van der Waals surface area (Å²) in [5.41, 5.74) is 6.22. The van der Waals surface area contributed by atoms with Crippen LogP contribution in [-0.4, -0.2) is 12.1 Å². The first-order chi connectivity index (χ1) is 7.79. The van der Waals surface area contributed by atoms with E-state index in [0.29, 0.717) is 17.3 Å². The van der Waals surface area contributed by atoms with Crippen molar-refractivity contribution in [1.29, 1.82) is 0 Å². The number of hydrogen-bond acceptors (Lipinski definition) is 4. The molecule has 0 fully saturated rings. The Morgan fingerprint density at radius 2 is 1.75 bits per heavy atom. The molecule has 1 heterocycles. The summed E-state index contributed by atoms with van der Waals surface area (Å²) in [4.78, 5) is 4.04. The van der Waals surface area contributed by atoms with Crippen LogP contribution in [0.5, 0.6) is 17.4 Å². The second-order valence-electron chi connectivity index (χ2n) is 3.18. The number of ether oxygens (including phenoxy) is 2. The summed E-state index contributed by atoms with van der Waals surface area (Å²) in [6.07, 6.45) is 1.63. The van der Waals surface area contributed by atoms with Gasteiger partial charge in [-0.05, 0) is 36.4 Å². The molecule has 0 spiro atoms. The van der Waals surface area contributed by atoms with Crippen LogP contribution in [0.3, 0.4) is 0 Å². The van der Waals surface area contributed by atoms with Crippen molar-refractivity contribution in [2.45, 2.75) is 0 Å². The van der Waals surface area contributed by atoms with Gasteiger partial charge in [0.25, 0.3) is 0 Å². The van der Waals surface area contributed by atoms with E-state index < -0.39 is 0 Å². The second kappa shape index (κ2) is 4.53. The highest BCUT2D eigenvalue weighted by atomic mass is 16.5. The first-order valence-electron chi connectivity index (χ1n) is 4.82. The van der Waals surface area contributed by atoms with Crippen LogP contribution >= 0.6 is 0 Å². The van der Waals surface area contributed by atoms with E-state index in [2.05, 4.69) is 4.98 Å². The second-order valence-corrected chi connectivity index (χ2v) is 3.18. The molecule has 82 valence electrons. The van der Waals surface area contributed by atoms with Crippen LogP contribution in [-0.2, 0) is 0 Å². The maximum Gasteiger partial charge on any atom is 0.242 e. The molecule has 4 nitrogen and oxygen atoms in total. The van der Waals surface area contributed by atoms with Crippen molar-refractivity contribution >= 4 is 5.69 Å². The smallest absolute Gasteiger partial charge is 0.242 e. The number of methoxy groups -OCH3 is 1. The standard InChI is InChI=1S/C12H12N2O2/c1-15-9-4-6-10(7-5-9)16-12-11(13)3-2-8-14-12/h2-8H,13H2,1H3. The predicted octanol–water partition coefficient (Wildman–Crippen LogP) is 2.46. The highest BCUT2D eigenvalue weighted by Crippen LogP contribution is 2.25. The zero-order chi connectivity index (χ0) is 11.4. The van der Waals surface area contributed by atoms with Gasteiger partial charge in [0.05, 0.1) is 12.8 Å². The number of rotatable bonds is 3. The molecular weight excluding hydrogens is 204 g/mol. The molecule has 2 aromatic rings. The molecule has 16 heavy (non-hydrogen) atoms. The van der Waals surface area contributed by atoms with E-state index in [1.807, 2.05) is 12.1 Å². The minimum absolute atomic E-state index is 0.410. The molecule has 4 heteroatoms. The van der Waals surface area contributed by atoms with Gasteiger partial charge in [-0.25, -0.2) is 4.98 Å². The van der Waals surface area contributed by atoms with Crippen molar-refractivity contribution in [1.82, 2.24) is 4.98 Å². The molecule has 1 aromatic heterocycles. The van der Waals surface area contributed by atoms with Crippen LogP contribution < -0.4 is 15.2 Å². The maximum atomic E-state index is 5.71. The maximum absolute atomic E-state index is 5.71. The van der Waals surface area contributed by atoms with E-state index in [0.717, 1.165) is 5.75 Å². The third-order valence-corrected chi connectivity index (χ3v) is 2.07. The molecule has 0 aliphatic rings. The SMILES string of the molecule is COc1ccc(Oc2ncccc2N)cc1. The Labute approximate surface area is 93.6 Å².